The summed E-state index contributed by atoms with van der Waals surface area (Å²) in [7, 11) is 0. The lowest BCUT2D eigenvalue weighted by Gasteiger charge is -1.99. The van der Waals surface area contributed by atoms with Crippen molar-refractivity contribution in [1.82, 2.24) is 0 Å². The Bertz CT molecular complexity index is 322. The minimum absolute atomic E-state index is 0. The van der Waals surface area contributed by atoms with Gasteiger partial charge in [0.05, 0.1) is 6.54 Å². The first kappa shape index (κ1) is 9.48. The third-order valence-electron chi connectivity index (χ3n) is 1.62. The van der Waals surface area contributed by atoms with Crippen molar-refractivity contribution >= 4 is 11.5 Å². The third kappa shape index (κ3) is 2.72. The van der Waals surface area contributed by atoms with E-state index in [0.717, 1.165) is 5.56 Å². The van der Waals surface area contributed by atoms with Gasteiger partial charge in [0, 0.05) is 13.2 Å². The molecule has 1 rings (SSSR count). The number of rotatable bonds is 3. The second kappa shape index (κ2) is 4.42. The quantitative estimate of drug-likeness (QED) is 0.671. The van der Waals surface area contributed by atoms with Gasteiger partial charge in [0.2, 0.25) is 0 Å². The monoisotopic (exact) mass is 178 g/mol. The fourth-order valence-corrected chi connectivity index (χ4v) is 0.946. The Morgan fingerprint density at radius 2 is 2.00 bits per heavy atom. The summed E-state index contributed by atoms with van der Waals surface area (Å²) in [6.07, 6.45) is 1.36. The molecule has 70 valence electrons. The molecule has 0 saturated carbocycles. The van der Waals surface area contributed by atoms with E-state index in [2.05, 4.69) is 0 Å². The van der Waals surface area contributed by atoms with Crippen LogP contribution in [0.15, 0.2) is 36.4 Å². The van der Waals surface area contributed by atoms with Crippen LogP contribution in [0.3, 0.4) is 0 Å². The van der Waals surface area contributed by atoms with E-state index in [1.807, 2.05) is 30.3 Å². The first-order valence-corrected chi connectivity index (χ1v) is 3.99. The summed E-state index contributed by atoms with van der Waals surface area (Å²) >= 11 is 0. The molecule has 0 bridgehead atoms. The van der Waals surface area contributed by atoms with Gasteiger partial charge in [-0.2, -0.15) is 0 Å². The molecule has 0 aliphatic carbocycles. The second-order valence-corrected chi connectivity index (χ2v) is 2.64. The van der Waals surface area contributed by atoms with E-state index in [0.29, 0.717) is 5.70 Å². The topological polar surface area (TPSA) is 69.1 Å². The van der Waals surface area contributed by atoms with Gasteiger partial charge < -0.3 is 11.5 Å². The van der Waals surface area contributed by atoms with E-state index in [9.17, 15) is 4.79 Å². The zero-order chi connectivity index (χ0) is 9.68. The molecule has 0 aliphatic rings. The summed E-state index contributed by atoms with van der Waals surface area (Å²) in [5.74, 6) is -0.165. The lowest BCUT2D eigenvalue weighted by molar-refractivity contribution is -0.113. The zero-order valence-electron chi connectivity index (χ0n) is 7.23. The molecule has 0 saturated heterocycles. The van der Waals surface area contributed by atoms with Crippen LogP contribution in [0.2, 0.25) is 0 Å². The van der Waals surface area contributed by atoms with E-state index < -0.39 is 0 Å². The fraction of sp³-hybridized carbons (Fsp3) is 0.100. The SMILES string of the molecule is NCC(=O)/C=C(\N)c1ccccc1.[HH]. The standard InChI is InChI=1S/C10H12N2O.H2/c11-7-9(13)6-10(12)8-4-2-1-3-5-8;/h1-6H,7,11-12H2;1H/b10-6-;. The molecule has 0 aromatic heterocycles. The Kier molecular flexibility index (Phi) is 3.23. The number of hydrogen-bond acceptors (Lipinski definition) is 3. The van der Waals surface area contributed by atoms with Crippen LogP contribution in [0, 0.1) is 0 Å². The van der Waals surface area contributed by atoms with Crippen molar-refractivity contribution in [3.05, 3.63) is 42.0 Å². The minimum atomic E-state index is -0.165. The summed E-state index contributed by atoms with van der Waals surface area (Å²) in [5.41, 5.74) is 12.1. The smallest absolute Gasteiger partial charge is 0.171 e. The number of ketones is 1. The maximum atomic E-state index is 10.9. The predicted octanol–water partition coefficient (Wildman–Crippen LogP) is 0.760. The Morgan fingerprint density at radius 3 is 2.54 bits per heavy atom. The number of carbonyl (C=O) groups excluding carboxylic acids is 1. The Hall–Kier alpha value is -1.61. The molecule has 4 N–H and O–H groups in total. The molecule has 0 fully saturated rings. The summed E-state index contributed by atoms with van der Waals surface area (Å²) in [6.45, 7) is -0.00642. The van der Waals surface area contributed by atoms with Crippen molar-refractivity contribution in [2.24, 2.45) is 11.5 Å². The Morgan fingerprint density at radius 1 is 1.38 bits per heavy atom. The first-order chi connectivity index (χ1) is 6.24. The maximum absolute atomic E-state index is 10.9. The molecule has 1 aromatic carbocycles. The van der Waals surface area contributed by atoms with Gasteiger partial charge in [-0.1, -0.05) is 30.3 Å². The third-order valence-corrected chi connectivity index (χ3v) is 1.62. The molecule has 3 nitrogen and oxygen atoms in total. The average Bonchev–Trinajstić information content (AvgIpc) is 2.19. The highest BCUT2D eigenvalue weighted by Gasteiger charge is 1.97. The summed E-state index contributed by atoms with van der Waals surface area (Å²) in [6, 6.07) is 9.30. The van der Waals surface area contributed by atoms with Gasteiger partial charge in [-0.25, -0.2) is 0 Å². The van der Waals surface area contributed by atoms with Crippen LogP contribution in [0.25, 0.3) is 5.70 Å². The summed E-state index contributed by atoms with van der Waals surface area (Å²) in [4.78, 5) is 10.9. The normalized spacial score (nSPS) is 11.3. The van der Waals surface area contributed by atoms with E-state index >= 15 is 0 Å². The van der Waals surface area contributed by atoms with Crippen LogP contribution in [0.5, 0.6) is 0 Å². The van der Waals surface area contributed by atoms with E-state index in [1.54, 1.807) is 0 Å². The molecule has 0 spiro atoms. The number of benzene rings is 1. The maximum Gasteiger partial charge on any atom is 0.171 e. The van der Waals surface area contributed by atoms with Crippen molar-refractivity contribution in [3.63, 3.8) is 0 Å². The van der Waals surface area contributed by atoms with E-state index in [-0.39, 0.29) is 13.8 Å². The number of nitrogens with two attached hydrogens (primary N) is 2. The van der Waals surface area contributed by atoms with Crippen LogP contribution in [-0.4, -0.2) is 12.3 Å². The van der Waals surface area contributed by atoms with Crippen LogP contribution < -0.4 is 11.5 Å². The molecule has 3 heteroatoms. The van der Waals surface area contributed by atoms with Crippen molar-refractivity contribution in [2.75, 3.05) is 6.54 Å². The van der Waals surface area contributed by atoms with Gasteiger partial charge in [0.25, 0.3) is 0 Å². The first-order valence-electron chi connectivity index (χ1n) is 3.99. The molecule has 0 heterocycles. The highest BCUT2D eigenvalue weighted by atomic mass is 16.1. The molecular formula is C10H14N2O. The van der Waals surface area contributed by atoms with Gasteiger partial charge >= 0.3 is 0 Å². The van der Waals surface area contributed by atoms with E-state index in [1.165, 1.54) is 6.08 Å². The van der Waals surface area contributed by atoms with Crippen LogP contribution in [-0.2, 0) is 4.79 Å². The highest BCUT2D eigenvalue weighted by Crippen LogP contribution is 2.06. The summed E-state index contributed by atoms with van der Waals surface area (Å²) < 4.78 is 0. The summed E-state index contributed by atoms with van der Waals surface area (Å²) in [5, 5.41) is 0. The van der Waals surface area contributed by atoms with E-state index in [4.69, 9.17) is 11.5 Å². The number of hydrogen-bond donors (Lipinski definition) is 2. The Labute approximate surface area is 78.5 Å². The van der Waals surface area contributed by atoms with Gasteiger partial charge in [0.15, 0.2) is 5.78 Å². The van der Waals surface area contributed by atoms with Gasteiger partial charge in [-0.15, -0.1) is 0 Å². The average molecular weight is 178 g/mol. The highest BCUT2D eigenvalue weighted by molar-refractivity contribution is 5.97. The van der Waals surface area contributed by atoms with Crippen LogP contribution in [0.4, 0.5) is 0 Å². The largest absolute Gasteiger partial charge is 0.398 e. The molecule has 0 atom stereocenters. The molecule has 0 radical (unpaired) electrons. The Balaban J connectivity index is 0.00000169. The van der Waals surface area contributed by atoms with Gasteiger partial charge in [-0.3, -0.25) is 4.79 Å². The zero-order valence-corrected chi connectivity index (χ0v) is 7.23. The minimum Gasteiger partial charge on any atom is -0.398 e. The van der Waals surface area contributed by atoms with Crippen molar-refractivity contribution < 1.29 is 6.22 Å². The second-order valence-electron chi connectivity index (χ2n) is 2.64. The van der Waals surface area contributed by atoms with Gasteiger partial charge in [0.1, 0.15) is 0 Å². The lowest BCUT2D eigenvalue weighted by Crippen LogP contribution is -2.12. The number of carbonyl (C=O) groups is 1. The molecule has 0 unspecified atom stereocenters. The van der Waals surface area contributed by atoms with Crippen LogP contribution in [0.1, 0.15) is 6.99 Å². The van der Waals surface area contributed by atoms with Crippen LogP contribution >= 0.6 is 0 Å². The molecule has 1 aromatic rings. The molecular weight excluding hydrogens is 164 g/mol. The van der Waals surface area contributed by atoms with Crippen molar-refractivity contribution in [2.45, 2.75) is 0 Å². The van der Waals surface area contributed by atoms with Crippen molar-refractivity contribution in [1.29, 1.82) is 0 Å². The van der Waals surface area contributed by atoms with Gasteiger partial charge in [-0.05, 0) is 5.56 Å². The predicted molar refractivity (Wildman–Crippen MR) is 54.8 cm³/mol. The lowest BCUT2D eigenvalue weighted by atomic mass is 10.1. The molecule has 0 aliphatic heterocycles. The van der Waals surface area contributed by atoms with Crippen molar-refractivity contribution in [3.8, 4) is 0 Å². The molecule has 0 amide bonds. The molecule has 13 heavy (non-hydrogen) atoms. The fourth-order valence-electron chi connectivity index (χ4n) is 0.946.